The molecule has 0 fully saturated rings. The Morgan fingerprint density at radius 1 is 1.15 bits per heavy atom. The number of ether oxygens (including phenoxy) is 2. The first kappa shape index (κ1) is 17.4. The second kappa shape index (κ2) is 7.19. The van der Waals surface area contributed by atoms with Gasteiger partial charge in [0.1, 0.15) is 6.04 Å². The minimum absolute atomic E-state index is 0.321. The highest BCUT2D eigenvalue weighted by molar-refractivity contribution is 6.06. The van der Waals surface area contributed by atoms with E-state index in [2.05, 4.69) is 11.4 Å². The molecule has 1 atom stereocenters. The lowest BCUT2D eigenvalue weighted by Gasteiger charge is -2.17. The van der Waals surface area contributed by atoms with Crippen LogP contribution in [0.25, 0.3) is 10.9 Å². The molecule has 0 aliphatic heterocycles. The van der Waals surface area contributed by atoms with E-state index in [1.807, 2.05) is 36.0 Å². The molecule has 0 aliphatic rings. The van der Waals surface area contributed by atoms with Gasteiger partial charge in [0.05, 0.1) is 20.3 Å². The van der Waals surface area contributed by atoms with E-state index in [0.717, 1.165) is 10.9 Å². The quantitative estimate of drug-likeness (QED) is 0.767. The zero-order valence-corrected chi connectivity index (χ0v) is 14.8. The largest absolute Gasteiger partial charge is 0.493 e. The molecule has 3 rings (SSSR count). The zero-order valence-electron chi connectivity index (χ0n) is 14.8. The number of amides is 1. The summed E-state index contributed by atoms with van der Waals surface area (Å²) in [4.78, 5) is 12.8. The predicted octanol–water partition coefficient (Wildman–Crippen LogP) is 3.19. The normalized spacial score (nSPS) is 11.6. The Balaban J connectivity index is 1.96. The van der Waals surface area contributed by atoms with E-state index in [1.54, 1.807) is 24.3 Å². The minimum Gasteiger partial charge on any atom is -0.493 e. The summed E-state index contributed by atoms with van der Waals surface area (Å²) in [7, 11) is 4.95. The molecular formula is C20H19N3O3. The van der Waals surface area contributed by atoms with Crippen LogP contribution in [0.2, 0.25) is 0 Å². The number of nitrogens with one attached hydrogen (secondary N) is 1. The highest BCUT2D eigenvalue weighted by Crippen LogP contribution is 2.34. The molecule has 1 aromatic heterocycles. The number of nitriles is 1. The van der Waals surface area contributed by atoms with E-state index in [9.17, 15) is 10.1 Å². The number of aromatic nitrogens is 1. The summed E-state index contributed by atoms with van der Waals surface area (Å²) < 4.78 is 12.6. The Kier molecular flexibility index (Phi) is 4.81. The maximum atomic E-state index is 12.8. The van der Waals surface area contributed by atoms with Crippen LogP contribution in [-0.2, 0) is 7.05 Å². The highest BCUT2D eigenvalue weighted by atomic mass is 16.5. The number of hydrogen-bond acceptors (Lipinski definition) is 4. The standard InChI is InChI=1S/C20H19N3O3/c1-23-11-10-13-14(6-4-8-17(13)23)20(24)22-16(12-21)15-7-5-9-18(25-2)19(15)26-3/h4-11,16H,1-3H3,(H,22,24)/t16-/m0/s1. The molecule has 1 N–H and O–H groups in total. The molecule has 1 heterocycles. The number of aryl methyl sites for hydroxylation is 1. The lowest BCUT2D eigenvalue weighted by Crippen LogP contribution is -2.28. The van der Waals surface area contributed by atoms with Gasteiger partial charge in [0.15, 0.2) is 11.5 Å². The van der Waals surface area contributed by atoms with Gasteiger partial charge in [-0.25, -0.2) is 0 Å². The molecular weight excluding hydrogens is 330 g/mol. The molecule has 0 radical (unpaired) electrons. The van der Waals surface area contributed by atoms with Gasteiger partial charge in [0, 0.05) is 35.3 Å². The molecule has 6 heteroatoms. The smallest absolute Gasteiger partial charge is 0.253 e. The molecule has 26 heavy (non-hydrogen) atoms. The van der Waals surface area contributed by atoms with E-state index in [4.69, 9.17) is 9.47 Å². The van der Waals surface area contributed by atoms with Gasteiger partial charge in [-0.15, -0.1) is 0 Å². The molecule has 6 nitrogen and oxygen atoms in total. The minimum atomic E-state index is -0.869. The van der Waals surface area contributed by atoms with Gasteiger partial charge in [-0.2, -0.15) is 5.26 Å². The summed E-state index contributed by atoms with van der Waals surface area (Å²) in [6, 6.07) is 13.9. The lowest BCUT2D eigenvalue weighted by molar-refractivity contribution is 0.0946. The number of methoxy groups -OCH3 is 2. The third-order valence-corrected chi connectivity index (χ3v) is 4.32. The van der Waals surface area contributed by atoms with Crippen molar-refractivity contribution in [3.63, 3.8) is 0 Å². The van der Waals surface area contributed by atoms with Crippen LogP contribution >= 0.6 is 0 Å². The topological polar surface area (TPSA) is 76.3 Å². The lowest BCUT2D eigenvalue weighted by atomic mass is 10.0. The zero-order chi connectivity index (χ0) is 18.7. The molecule has 1 amide bonds. The summed E-state index contributed by atoms with van der Waals surface area (Å²) in [5, 5.41) is 13.2. The number of hydrogen-bond donors (Lipinski definition) is 1. The van der Waals surface area contributed by atoms with Crippen molar-refractivity contribution < 1.29 is 14.3 Å². The number of para-hydroxylation sites is 1. The van der Waals surface area contributed by atoms with Crippen LogP contribution in [0.5, 0.6) is 11.5 Å². The van der Waals surface area contributed by atoms with Crippen molar-refractivity contribution >= 4 is 16.8 Å². The summed E-state index contributed by atoms with van der Waals surface area (Å²) >= 11 is 0. The SMILES string of the molecule is COc1cccc([C@H](C#N)NC(=O)c2cccc3c2ccn3C)c1OC. The summed E-state index contributed by atoms with van der Waals surface area (Å²) in [5.74, 6) is 0.614. The van der Waals surface area contributed by atoms with Gasteiger partial charge in [-0.3, -0.25) is 4.79 Å². The molecule has 0 bridgehead atoms. The van der Waals surface area contributed by atoms with Crippen LogP contribution < -0.4 is 14.8 Å². The third-order valence-electron chi connectivity index (χ3n) is 4.32. The molecule has 0 saturated carbocycles. The van der Waals surface area contributed by atoms with Crippen LogP contribution in [0.15, 0.2) is 48.7 Å². The first-order valence-electron chi connectivity index (χ1n) is 8.06. The maximum Gasteiger partial charge on any atom is 0.253 e. The van der Waals surface area contributed by atoms with Crippen LogP contribution in [0.3, 0.4) is 0 Å². The van der Waals surface area contributed by atoms with Crippen molar-refractivity contribution in [2.45, 2.75) is 6.04 Å². The summed E-state index contributed by atoms with van der Waals surface area (Å²) in [6.07, 6.45) is 1.90. The van der Waals surface area contributed by atoms with Crippen molar-refractivity contribution in [3.05, 3.63) is 59.8 Å². The number of nitrogens with zero attached hydrogens (tertiary/aromatic N) is 2. The van der Waals surface area contributed by atoms with E-state index in [1.165, 1.54) is 14.2 Å². The van der Waals surface area contributed by atoms with Crippen LogP contribution in [-0.4, -0.2) is 24.7 Å². The number of fused-ring (bicyclic) bond motifs is 1. The van der Waals surface area contributed by atoms with Gasteiger partial charge in [-0.1, -0.05) is 18.2 Å². The van der Waals surface area contributed by atoms with Gasteiger partial charge < -0.3 is 19.4 Å². The Hall–Kier alpha value is -3.46. The fourth-order valence-corrected chi connectivity index (χ4v) is 3.03. The first-order valence-corrected chi connectivity index (χ1v) is 8.06. The molecule has 0 aliphatic carbocycles. The monoisotopic (exact) mass is 349 g/mol. The van der Waals surface area contributed by atoms with E-state index in [-0.39, 0.29) is 5.91 Å². The van der Waals surface area contributed by atoms with Gasteiger partial charge in [0.2, 0.25) is 0 Å². The van der Waals surface area contributed by atoms with Crippen LogP contribution in [0, 0.1) is 11.3 Å². The van der Waals surface area contributed by atoms with Gasteiger partial charge >= 0.3 is 0 Å². The average molecular weight is 349 g/mol. The van der Waals surface area contributed by atoms with E-state index < -0.39 is 6.04 Å². The van der Waals surface area contributed by atoms with E-state index in [0.29, 0.717) is 22.6 Å². The average Bonchev–Trinajstić information content (AvgIpc) is 3.06. The van der Waals surface area contributed by atoms with Crippen molar-refractivity contribution in [3.8, 4) is 17.6 Å². The Morgan fingerprint density at radius 2 is 1.92 bits per heavy atom. The molecule has 3 aromatic rings. The van der Waals surface area contributed by atoms with Gasteiger partial charge in [-0.05, 0) is 24.3 Å². The second-order valence-electron chi connectivity index (χ2n) is 5.78. The Morgan fingerprint density at radius 3 is 2.62 bits per heavy atom. The second-order valence-corrected chi connectivity index (χ2v) is 5.78. The van der Waals surface area contributed by atoms with Crippen LogP contribution in [0.1, 0.15) is 22.0 Å². The van der Waals surface area contributed by atoms with Crippen LogP contribution in [0.4, 0.5) is 0 Å². The van der Waals surface area contributed by atoms with Crippen molar-refractivity contribution in [2.24, 2.45) is 7.05 Å². The fourth-order valence-electron chi connectivity index (χ4n) is 3.03. The highest BCUT2D eigenvalue weighted by Gasteiger charge is 2.22. The van der Waals surface area contributed by atoms with Crippen molar-refractivity contribution in [1.29, 1.82) is 5.26 Å². The number of benzene rings is 2. The number of rotatable bonds is 5. The number of carbonyl (C=O) groups is 1. The molecule has 2 aromatic carbocycles. The predicted molar refractivity (Wildman–Crippen MR) is 98.3 cm³/mol. The number of carbonyl (C=O) groups excluding carboxylic acids is 1. The molecule has 0 unspecified atom stereocenters. The maximum absolute atomic E-state index is 12.8. The van der Waals surface area contributed by atoms with Crippen molar-refractivity contribution in [1.82, 2.24) is 9.88 Å². The Bertz CT molecular complexity index is 1000. The van der Waals surface area contributed by atoms with E-state index >= 15 is 0 Å². The Labute approximate surface area is 151 Å². The molecule has 0 spiro atoms. The molecule has 132 valence electrons. The third kappa shape index (κ3) is 2.95. The summed E-state index contributed by atoms with van der Waals surface area (Å²) in [5.41, 5.74) is 2.01. The fraction of sp³-hybridized carbons (Fsp3) is 0.200. The molecule has 0 saturated heterocycles. The van der Waals surface area contributed by atoms with Gasteiger partial charge in [0.25, 0.3) is 5.91 Å². The first-order chi connectivity index (χ1) is 12.6. The van der Waals surface area contributed by atoms with Crippen molar-refractivity contribution in [2.75, 3.05) is 14.2 Å². The summed E-state index contributed by atoms with van der Waals surface area (Å²) in [6.45, 7) is 0.